The predicted octanol–water partition coefficient (Wildman–Crippen LogP) is 2.43. The SMILES string of the molecule is Cc1c(/C=C/CN2CCN3c4cc(F)cc(F)c4OCC3C2)cnn1-c1nccc(N)n1. The van der Waals surface area contributed by atoms with Gasteiger partial charge < -0.3 is 15.4 Å². The third-order valence-corrected chi connectivity index (χ3v) is 5.85. The van der Waals surface area contributed by atoms with E-state index in [1.165, 1.54) is 6.07 Å². The minimum Gasteiger partial charge on any atom is -0.486 e. The molecule has 4 heterocycles. The van der Waals surface area contributed by atoms with Crippen LogP contribution in [0.1, 0.15) is 11.3 Å². The van der Waals surface area contributed by atoms with Crippen molar-refractivity contribution in [3.63, 3.8) is 0 Å². The van der Waals surface area contributed by atoms with Gasteiger partial charge in [-0.05, 0) is 13.0 Å². The monoisotopic (exact) mass is 439 g/mol. The number of piperazine rings is 1. The van der Waals surface area contributed by atoms with Crippen LogP contribution in [0.5, 0.6) is 5.75 Å². The highest BCUT2D eigenvalue weighted by Gasteiger charge is 2.34. The summed E-state index contributed by atoms with van der Waals surface area (Å²) < 4.78 is 35.0. The molecule has 166 valence electrons. The van der Waals surface area contributed by atoms with Crippen LogP contribution in [0.3, 0.4) is 0 Å². The summed E-state index contributed by atoms with van der Waals surface area (Å²) >= 11 is 0. The van der Waals surface area contributed by atoms with E-state index in [4.69, 9.17) is 10.5 Å². The maximum absolute atomic E-state index is 14.0. The van der Waals surface area contributed by atoms with Crippen LogP contribution >= 0.6 is 0 Å². The van der Waals surface area contributed by atoms with Crippen molar-refractivity contribution in [2.75, 3.05) is 43.4 Å². The maximum atomic E-state index is 14.0. The summed E-state index contributed by atoms with van der Waals surface area (Å²) in [5.74, 6) is -0.268. The second kappa shape index (κ2) is 8.19. The number of hydrogen-bond donors (Lipinski definition) is 1. The van der Waals surface area contributed by atoms with Crippen molar-refractivity contribution < 1.29 is 13.5 Å². The molecule has 0 aliphatic carbocycles. The Morgan fingerprint density at radius 2 is 2.16 bits per heavy atom. The number of ether oxygens (including phenoxy) is 1. The second-order valence-electron chi connectivity index (χ2n) is 7.93. The minimum absolute atomic E-state index is 0.0519. The molecular formula is C22H23F2N7O. The first-order valence-corrected chi connectivity index (χ1v) is 10.4. The van der Waals surface area contributed by atoms with Crippen molar-refractivity contribution >= 4 is 17.6 Å². The highest BCUT2D eigenvalue weighted by atomic mass is 19.1. The van der Waals surface area contributed by atoms with Crippen LogP contribution in [-0.4, -0.2) is 63.5 Å². The Kier molecular flexibility index (Phi) is 5.22. The van der Waals surface area contributed by atoms with Crippen molar-refractivity contribution in [2.24, 2.45) is 0 Å². The van der Waals surface area contributed by atoms with Gasteiger partial charge in [0.1, 0.15) is 18.2 Å². The number of nitrogens with two attached hydrogens (primary N) is 1. The molecule has 0 radical (unpaired) electrons. The Morgan fingerprint density at radius 1 is 1.28 bits per heavy atom. The van der Waals surface area contributed by atoms with Crippen LogP contribution in [0.15, 0.2) is 36.7 Å². The molecule has 0 amide bonds. The van der Waals surface area contributed by atoms with Gasteiger partial charge in [0.2, 0.25) is 0 Å². The Morgan fingerprint density at radius 3 is 3.00 bits per heavy atom. The lowest BCUT2D eigenvalue weighted by Gasteiger charge is -2.45. The van der Waals surface area contributed by atoms with Crippen LogP contribution in [0, 0.1) is 18.6 Å². The highest BCUT2D eigenvalue weighted by Crippen LogP contribution is 2.38. The molecule has 2 aliphatic heterocycles. The standard InChI is InChI=1S/C22H23F2N7O/c1-14-15(11-27-31(14)22-26-5-4-20(25)28-22)3-2-6-29-7-8-30-17(12-29)13-32-21-18(24)9-16(23)10-19(21)30/h2-5,9-11,17H,6-8,12-13H2,1H3,(H2,25,26,28)/b3-2+. The lowest BCUT2D eigenvalue weighted by atomic mass is 10.1. The Bertz CT molecular complexity index is 1180. The zero-order valence-electron chi connectivity index (χ0n) is 17.6. The molecule has 5 rings (SSSR count). The molecule has 0 saturated carbocycles. The molecule has 0 spiro atoms. The molecule has 2 N–H and O–H groups in total. The predicted molar refractivity (Wildman–Crippen MR) is 117 cm³/mol. The van der Waals surface area contributed by atoms with E-state index in [0.717, 1.165) is 37.0 Å². The number of nitrogen functional groups attached to an aromatic ring is 1. The van der Waals surface area contributed by atoms with Crippen LogP contribution in [0.2, 0.25) is 0 Å². The molecule has 1 atom stereocenters. The molecule has 10 heteroatoms. The van der Waals surface area contributed by atoms with Gasteiger partial charge in [-0.2, -0.15) is 10.1 Å². The summed E-state index contributed by atoms with van der Waals surface area (Å²) in [7, 11) is 0. The fourth-order valence-corrected chi connectivity index (χ4v) is 4.21. The van der Waals surface area contributed by atoms with Crippen LogP contribution < -0.4 is 15.4 Å². The van der Waals surface area contributed by atoms with E-state index in [2.05, 4.69) is 26.0 Å². The molecule has 2 aromatic heterocycles. The quantitative estimate of drug-likeness (QED) is 0.668. The number of benzene rings is 1. The molecule has 1 saturated heterocycles. The van der Waals surface area contributed by atoms with Gasteiger partial charge in [-0.1, -0.05) is 12.2 Å². The van der Waals surface area contributed by atoms with E-state index < -0.39 is 11.6 Å². The summed E-state index contributed by atoms with van der Waals surface area (Å²) in [5, 5.41) is 4.37. The number of anilines is 2. The van der Waals surface area contributed by atoms with Crippen LogP contribution in [-0.2, 0) is 0 Å². The number of rotatable bonds is 4. The molecule has 1 fully saturated rings. The van der Waals surface area contributed by atoms with Crippen LogP contribution in [0.25, 0.3) is 12.0 Å². The Labute approximate surface area is 183 Å². The van der Waals surface area contributed by atoms with Crippen molar-refractivity contribution in [1.82, 2.24) is 24.6 Å². The normalized spacial score (nSPS) is 18.5. The first-order valence-electron chi connectivity index (χ1n) is 10.4. The largest absolute Gasteiger partial charge is 0.486 e. The van der Waals surface area contributed by atoms with E-state index in [1.807, 2.05) is 17.9 Å². The van der Waals surface area contributed by atoms with E-state index in [1.54, 1.807) is 23.1 Å². The van der Waals surface area contributed by atoms with E-state index in [0.29, 0.717) is 30.6 Å². The molecule has 8 nitrogen and oxygen atoms in total. The van der Waals surface area contributed by atoms with Gasteiger partial charge in [0, 0.05) is 50.1 Å². The third kappa shape index (κ3) is 3.77. The van der Waals surface area contributed by atoms with Crippen molar-refractivity contribution in [3.05, 3.63) is 59.6 Å². The first kappa shape index (κ1) is 20.4. The zero-order valence-corrected chi connectivity index (χ0v) is 17.6. The average molecular weight is 439 g/mol. The Balaban J connectivity index is 1.24. The Hall–Kier alpha value is -3.53. The fraction of sp³-hybridized carbons (Fsp3) is 0.318. The first-order chi connectivity index (χ1) is 15.5. The van der Waals surface area contributed by atoms with E-state index in [-0.39, 0.29) is 11.8 Å². The topological polar surface area (TPSA) is 85.3 Å². The van der Waals surface area contributed by atoms with Gasteiger partial charge in [-0.25, -0.2) is 18.4 Å². The molecule has 1 aromatic carbocycles. The molecule has 1 unspecified atom stereocenters. The lowest BCUT2D eigenvalue weighted by molar-refractivity contribution is 0.173. The fourth-order valence-electron chi connectivity index (χ4n) is 4.21. The highest BCUT2D eigenvalue weighted by molar-refractivity contribution is 5.62. The van der Waals surface area contributed by atoms with Gasteiger partial charge in [0.15, 0.2) is 11.6 Å². The molecule has 32 heavy (non-hydrogen) atoms. The molecular weight excluding hydrogens is 416 g/mol. The van der Waals surface area contributed by atoms with Gasteiger partial charge in [0.05, 0.1) is 23.6 Å². The number of halogens is 2. The number of aromatic nitrogens is 4. The summed E-state index contributed by atoms with van der Waals surface area (Å²) in [6.45, 7) is 5.29. The summed E-state index contributed by atoms with van der Waals surface area (Å²) in [6, 6.07) is 3.90. The minimum atomic E-state index is -0.650. The second-order valence-corrected chi connectivity index (χ2v) is 7.93. The average Bonchev–Trinajstić information content (AvgIpc) is 3.13. The summed E-state index contributed by atoms with van der Waals surface area (Å²) in [5.41, 5.74) is 8.13. The van der Waals surface area contributed by atoms with Crippen LogP contribution in [0.4, 0.5) is 20.3 Å². The van der Waals surface area contributed by atoms with Crippen molar-refractivity contribution in [1.29, 1.82) is 0 Å². The number of fused-ring (bicyclic) bond motifs is 3. The van der Waals surface area contributed by atoms with Gasteiger partial charge >= 0.3 is 0 Å². The molecule has 3 aromatic rings. The van der Waals surface area contributed by atoms with E-state index in [9.17, 15) is 8.78 Å². The lowest BCUT2D eigenvalue weighted by Crippen LogP contribution is -2.57. The summed E-state index contributed by atoms with van der Waals surface area (Å²) in [6.07, 6.45) is 7.48. The maximum Gasteiger partial charge on any atom is 0.252 e. The zero-order chi connectivity index (χ0) is 22.2. The number of nitrogens with zero attached hydrogens (tertiary/aromatic N) is 6. The van der Waals surface area contributed by atoms with Gasteiger partial charge in [0.25, 0.3) is 5.95 Å². The van der Waals surface area contributed by atoms with Gasteiger partial charge in [-0.3, -0.25) is 4.90 Å². The third-order valence-electron chi connectivity index (χ3n) is 5.85. The van der Waals surface area contributed by atoms with Gasteiger partial charge in [-0.15, -0.1) is 0 Å². The number of hydrogen-bond acceptors (Lipinski definition) is 7. The summed E-state index contributed by atoms with van der Waals surface area (Å²) in [4.78, 5) is 12.8. The smallest absolute Gasteiger partial charge is 0.252 e. The van der Waals surface area contributed by atoms with Crippen molar-refractivity contribution in [3.8, 4) is 11.7 Å². The molecule has 0 bridgehead atoms. The molecule has 2 aliphatic rings. The van der Waals surface area contributed by atoms with E-state index >= 15 is 0 Å². The van der Waals surface area contributed by atoms with Crippen molar-refractivity contribution in [2.45, 2.75) is 13.0 Å².